The standard InChI is InChI=1S/C30H34N4/c1-22-10-8-14-26(31-22)21-34(20-24-11-4-3-5-12-24)29-17-7-6-15-27(29)33-28-16-9-13-25-19-18-23(2)32-30(25)28/h3-5,8-14,16,18-19,27,29,33H,6-7,15,17,20-21H2,1-2H3/t27-,29-/m0/s1. The quantitative estimate of drug-likeness (QED) is 0.341. The zero-order valence-electron chi connectivity index (χ0n) is 20.2. The van der Waals surface area contributed by atoms with Crippen molar-refractivity contribution in [2.75, 3.05) is 5.32 Å². The zero-order valence-corrected chi connectivity index (χ0v) is 20.2. The van der Waals surface area contributed by atoms with Gasteiger partial charge in [-0.25, -0.2) is 0 Å². The lowest BCUT2D eigenvalue weighted by Crippen LogP contribution is -2.48. The molecule has 0 amide bonds. The van der Waals surface area contributed by atoms with Gasteiger partial charge in [0.05, 0.1) is 16.9 Å². The Morgan fingerprint density at radius 3 is 2.41 bits per heavy atom. The highest BCUT2D eigenvalue weighted by Gasteiger charge is 2.31. The predicted molar refractivity (Wildman–Crippen MR) is 141 cm³/mol. The van der Waals surface area contributed by atoms with Crippen molar-refractivity contribution in [3.8, 4) is 0 Å². The Kier molecular flexibility index (Phi) is 6.87. The summed E-state index contributed by atoms with van der Waals surface area (Å²) in [7, 11) is 0. The maximum Gasteiger partial charge on any atom is 0.0936 e. The molecule has 4 aromatic rings. The lowest BCUT2D eigenvalue weighted by molar-refractivity contribution is 0.127. The molecule has 2 aromatic carbocycles. The van der Waals surface area contributed by atoms with Crippen LogP contribution in [0, 0.1) is 13.8 Å². The van der Waals surface area contributed by atoms with Crippen molar-refractivity contribution in [3.05, 3.63) is 102 Å². The van der Waals surface area contributed by atoms with Crippen molar-refractivity contribution in [1.29, 1.82) is 0 Å². The topological polar surface area (TPSA) is 41.0 Å². The zero-order chi connectivity index (χ0) is 23.3. The van der Waals surface area contributed by atoms with Crippen molar-refractivity contribution in [1.82, 2.24) is 14.9 Å². The number of hydrogen-bond acceptors (Lipinski definition) is 4. The Labute approximate surface area is 203 Å². The highest BCUT2D eigenvalue weighted by Crippen LogP contribution is 2.31. The van der Waals surface area contributed by atoms with Crippen molar-refractivity contribution < 1.29 is 0 Å². The molecule has 2 atom stereocenters. The van der Waals surface area contributed by atoms with Crippen LogP contribution in [-0.2, 0) is 13.1 Å². The van der Waals surface area contributed by atoms with E-state index in [9.17, 15) is 0 Å². The molecule has 4 nitrogen and oxygen atoms in total. The van der Waals surface area contributed by atoms with E-state index in [1.165, 1.54) is 36.6 Å². The first-order valence-corrected chi connectivity index (χ1v) is 12.5. The number of nitrogens with zero attached hydrogens (tertiary/aromatic N) is 3. The largest absolute Gasteiger partial charge is 0.379 e. The van der Waals surface area contributed by atoms with Gasteiger partial charge in [0.25, 0.3) is 0 Å². The second kappa shape index (κ2) is 10.4. The molecule has 5 rings (SSSR count). The number of aromatic nitrogens is 2. The van der Waals surface area contributed by atoms with Gasteiger partial charge < -0.3 is 5.32 Å². The van der Waals surface area contributed by atoms with Crippen molar-refractivity contribution in [2.45, 2.75) is 64.7 Å². The van der Waals surface area contributed by atoms with Crippen LogP contribution in [-0.4, -0.2) is 27.0 Å². The molecular weight excluding hydrogens is 416 g/mol. The summed E-state index contributed by atoms with van der Waals surface area (Å²) in [6, 6.07) is 28.7. The monoisotopic (exact) mass is 450 g/mol. The van der Waals surface area contributed by atoms with Gasteiger partial charge in [-0.2, -0.15) is 0 Å². The highest BCUT2D eigenvalue weighted by atomic mass is 15.2. The van der Waals surface area contributed by atoms with E-state index in [2.05, 4.69) is 103 Å². The molecule has 0 aliphatic heterocycles. The van der Waals surface area contributed by atoms with Crippen LogP contribution in [0.3, 0.4) is 0 Å². The van der Waals surface area contributed by atoms with E-state index >= 15 is 0 Å². The number of hydrogen-bond donors (Lipinski definition) is 1. The molecule has 1 aliphatic carbocycles. The Morgan fingerprint density at radius 2 is 1.56 bits per heavy atom. The lowest BCUT2D eigenvalue weighted by Gasteiger charge is -2.41. The van der Waals surface area contributed by atoms with E-state index in [0.717, 1.165) is 41.4 Å². The first-order valence-electron chi connectivity index (χ1n) is 12.5. The van der Waals surface area contributed by atoms with E-state index in [1.54, 1.807) is 0 Å². The molecule has 1 saturated carbocycles. The molecule has 174 valence electrons. The van der Waals surface area contributed by atoms with Gasteiger partial charge in [0.1, 0.15) is 0 Å². The first kappa shape index (κ1) is 22.5. The Balaban J connectivity index is 1.45. The molecule has 0 spiro atoms. The van der Waals surface area contributed by atoms with Gasteiger partial charge in [-0.15, -0.1) is 0 Å². The average molecular weight is 451 g/mol. The fourth-order valence-corrected chi connectivity index (χ4v) is 5.28. The van der Waals surface area contributed by atoms with E-state index < -0.39 is 0 Å². The van der Waals surface area contributed by atoms with Gasteiger partial charge in [-0.3, -0.25) is 14.9 Å². The molecule has 0 saturated heterocycles. The minimum absolute atomic E-state index is 0.371. The summed E-state index contributed by atoms with van der Waals surface area (Å²) < 4.78 is 0. The Morgan fingerprint density at radius 1 is 0.765 bits per heavy atom. The molecule has 1 fully saturated rings. The Hall–Kier alpha value is -3.24. The summed E-state index contributed by atoms with van der Waals surface area (Å²) in [5, 5.41) is 5.13. The SMILES string of the molecule is Cc1cccc(CN(Cc2ccccc2)[C@H]2CCCC[C@@H]2Nc2cccc3ccc(C)nc23)n1. The van der Waals surface area contributed by atoms with Crippen LogP contribution in [0.1, 0.15) is 48.3 Å². The fraction of sp³-hybridized carbons (Fsp3) is 0.333. The normalized spacial score (nSPS) is 18.3. The van der Waals surface area contributed by atoms with Gasteiger partial charge in [0.2, 0.25) is 0 Å². The van der Waals surface area contributed by atoms with Crippen LogP contribution < -0.4 is 5.32 Å². The predicted octanol–water partition coefficient (Wildman–Crippen LogP) is 6.67. The second-order valence-corrected chi connectivity index (χ2v) is 9.59. The first-order chi connectivity index (χ1) is 16.7. The molecule has 1 N–H and O–H groups in total. The summed E-state index contributed by atoms with van der Waals surface area (Å²) in [5.74, 6) is 0. The molecule has 0 bridgehead atoms. The molecule has 4 heteroatoms. The lowest BCUT2D eigenvalue weighted by atomic mass is 9.88. The van der Waals surface area contributed by atoms with Gasteiger partial charge in [-0.1, -0.05) is 67.4 Å². The minimum atomic E-state index is 0.371. The third kappa shape index (κ3) is 5.28. The maximum absolute atomic E-state index is 4.87. The van der Waals surface area contributed by atoms with Crippen LogP contribution in [0.15, 0.2) is 78.9 Å². The highest BCUT2D eigenvalue weighted by molar-refractivity contribution is 5.90. The smallest absolute Gasteiger partial charge is 0.0936 e. The summed E-state index contributed by atoms with van der Waals surface area (Å²) in [5.41, 5.74) is 6.84. The summed E-state index contributed by atoms with van der Waals surface area (Å²) >= 11 is 0. The third-order valence-corrected chi connectivity index (χ3v) is 6.94. The summed E-state index contributed by atoms with van der Waals surface area (Å²) in [4.78, 5) is 12.3. The van der Waals surface area contributed by atoms with E-state index in [1.807, 2.05) is 0 Å². The van der Waals surface area contributed by atoms with E-state index in [4.69, 9.17) is 9.97 Å². The summed E-state index contributed by atoms with van der Waals surface area (Å²) in [6.07, 6.45) is 4.88. The van der Waals surface area contributed by atoms with Gasteiger partial charge in [-0.05, 0) is 56.5 Å². The van der Waals surface area contributed by atoms with Crippen molar-refractivity contribution >= 4 is 16.6 Å². The number of rotatable bonds is 7. The molecule has 1 aliphatic rings. The molecular formula is C30H34N4. The fourth-order valence-electron chi connectivity index (χ4n) is 5.28. The van der Waals surface area contributed by atoms with Crippen LogP contribution >= 0.6 is 0 Å². The maximum atomic E-state index is 4.87. The average Bonchev–Trinajstić information content (AvgIpc) is 2.85. The van der Waals surface area contributed by atoms with Gasteiger partial charge in [0.15, 0.2) is 0 Å². The van der Waals surface area contributed by atoms with Crippen LogP contribution in [0.5, 0.6) is 0 Å². The minimum Gasteiger partial charge on any atom is -0.379 e. The Bertz CT molecular complexity index is 1240. The molecule has 0 unspecified atom stereocenters. The molecule has 34 heavy (non-hydrogen) atoms. The second-order valence-electron chi connectivity index (χ2n) is 9.59. The number of anilines is 1. The van der Waals surface area contributed by atoms with E-state index in [0.29, 0.717) is 12.1 Å². The van der Waals surface area contributed by atoms with Gasteiger partial charge in [0, 0.05) is 41.9 Å². The number of benzene rings is 2. The third-order valence-electron chi connectivity index (χ3n) is 6.94. The van der Waals surface area contributed by atoms with Crippen molar-refractivity contribution in [3.63, 3.8) is 0 Å². The van der Waals surface area contributed by atoms with Crippen LogP contribution in [0.25, 0.3) is 10.9 Å². The summed E-state index contributed by atoms with van der Waals surface area (Å²) in [6.45, 7) is 5.92. The molecule has 2 aromatic heterocycles. The number of pyridine rings is 2. The van der Waals surface area contributed by atoms with Gasteiger partial charge >= 0.3 is 0 Å². The number of para-hydroxylation sites is 1. The van der Waals surface area contributed by atoms with Crippen LogP contribution in [0.4, 0.5) is 5.69 Å². The molecule has 2 heterocycles. The number of nitrogens with one attached hydrogen (secondary N) is 1. The van der Waals surface area contributed by atoms with Crippen molar-refractivity contribution in [2.24, 2.45) is 0 Å². The number of aryl methyl sites for hydroxylation is 2. The van der Waals surface area contributed by atoms with E-state index in [-0.39, 0.29) is 0 Å². The molecule has 0 radical (unpaired) electrons. The number of fused-ring (bicyclic) bond motifs is 1. The van der Waals surface area contributed by atoms with Crippen LogP contribution in [0.2, 0.25) is 0 Å².